The fraction of sp³-hybridized carbons (Fsp3) is 0.400. The number of hydrogen-bond donors (Lipinski definition) is 1. The SMILES string of the molecule is c1cc2[nH]c3ccc4c(c3c2c2c1CCCC2)CCCC4. The molecule has 106 valence electrons. The molecule has 0 atom stereocenters. The average molecular weight is 275 g/mol. The van der Waals surface area contributed by atoms with E-state index in [4.69, 9.17) is 0 Å². The van der Waals surface area contributed by atoms with Crippen molar-refractivity contribution in [2.45, 2.75) is 51.4 Å². The van der Waals surface area contributed by atoms with Crippen LogP contribution in [0.5, 0.6) is 0 Å². The first-order chi connectivity index (χ1) is 10.4. The molecule has 1 nitrogen and oxygen atoms in total. The largest absolute Gasteiger partial charge is 0.354 e. The zero-order valence-corrected chi connectivity index (χ0v) is 12.5. The van der Waals surface area contributed by atoms with E-state index in [0.717, 1.165) is 0 Å². The summed E-state index contributed by atoms with van der Waals surface area (Å²) in [5.74, 6) is 0. The van der Waals surface area contributed by atoms with Crippen LogP contribution in [0.2, 0.25) is 0 Å². The van der Waals surface area contributed by atoms with Crippen molar-refractivity contribution in [3.8, 4) is 0 Å². The van der Waals surface area contributed by atoms with E-state index in [1.807, 2.05) is 0 Å². The quantitative estimate of drug-likeness (QED) is 0.589. The van der Waals surface area contributed by atoms with Gasteiger partial charge >= 0.3 is 0 Å². The highest BCUT2D eigenvalue weighted by molar-refractivity contribution is 6.11. The van der Waals surface area contributed by atoms with Crippen molar-refractivity contribution in [1.29, 1.82) is 0 Å². The number of H-pyrrole nitrogens is 1. The zero-order valence-electron chi connectivity index (χ0n) is 12.5. The summed E-state index contributed by atoms with van der Waals surface area (Å²) in [4.78, 5) is 3.68. The van der Waals surface area contributed by atoms with Gasteiger partial charge < -0.3 is 4.98 Å². The monoisotopic (exact) mass is 275 g/mol. The fourth-order valence-corrected chi connectivity index (χ4v) is 4.58. The predicted octanol–water partition coefficient (Wildman–Crippen LogP) is 5.08. The molecule has 1 heterocycles. The molecule has 0 aliphatic heterocycles. The maximum absolute atomic E-state index is 3.68. The summed E-state index contributed by atoms with van der Waals surface area (Å²) in [7, 11) is 0. The van der Waals surface area contributed by atoms with Gasteiger partial charge in [0, 0.05) is 21.8 Å². The molecule has 0 bridgehead atoms. The molecule has 0 radical (unpaired) electrons. The Morgan fingerprint density at radius 2 is 1.05 bits per heavy atom. The molecule has 0 unspecified atom stereocenters. The van der Waals surface area contributed by atoms with Gasteiger partial charge in [-0.05, 0) is 85.8 Å². The second-order valence-corrected chi connectivity index (χ2v) is 6.79. The van der Waals surface area contributed by atoms with Gasteiger partial charge in [0.1, 0.15) is 0 Å². The van der Waals surface area contributed by atoms with E-state index in [1.165, 1.54) is 62.4 Å². The average Bonchev–Trinajstić information content (AvgIpc) is 2.94. The Hall–Kier alpha value is -1.76. The van der Waals surface area contributed by atoms with E-state index in [-0.39, 0.29) is 0 Å². The maximum Gasteiger partial charge on any atom is 0.0467 e. The van der Waals surface area contributed by atoms with Gasteiger partial charge in [-0.15, -0.1) is 0 Å². The smallest absolute Gasteiger partial charge is 0.0467 e. The highest BCUT2D eigenvalue weighted by Crippen LogP contribution is 2.38. The van der Waals surface area contributed by atoms with Crippen LogP contribution in [0.1, 0.15) is 47.9 Å². The molecule has 0 amide bonds. The van der Waals surface area contributed by atoms with Crippen molar-refractivity contribution in [3.63, 3.8) is 0 Å². The standard InChI is InChI=1S/C20H21N/c1-3-7-15-13(5-1)9-11-17-19(15)20-16-8-4-2-6-14(16)10-12-18(20)21-17/h9-12,21H,1-8H2. The molecule has 1 N–H and O–H groups in total. The molecular weight excluding hydrogens is 254 g/mol. The molecule has 2 aliphatic carbocycles. The van der Waals surface area contributed by atoms with Gasteiger partial charge in [-0.1, -0.05) is 12.1 Å². The van der Waals surface area contributed by atoms with E-state index in [9.17, 15) is 0 Å². The first-order valence-electron chi connectivity index (χ1n) is 8.49. The van der Waals surface area contributed by atoms with Gasteiger partial charge in [-0.25, -0.2) is 0 Å². The van der Waals surface area contributed by atoms with Crippen LogP contribution in [-0.4, -0.2) is 4.98 Å². The summed E-state index contributed by atoms with van der Waals surface area (Å²) in [6.45, 7) is 0. The number of fused-ring (bicyclic) bond motifs is 7. The minimum absolute atomic E-state index is 1.27. The first kappa shape index (κ1) is 11.9. The summed E-state index contributed by atoms with van der Waals surface area (Å²) in [5.41, 5.74) is 9.19. The molecule has 0 saturated carbocycles. The van der Waals surface area contributed by atoms with E-state index in [0.29, 0.717) is 0 Å². The number of nitrogens with one attached hydrogen (secondary N) is 1. The normalized spacial score (nSPS) is 17.9. The molecule has 2 aromatic carbocycles. The highest BCUT2D eigenvalue weighted by atomic mass is 14.7. The summed E-state index contributed by atoms with van der Waals surface area (Å²) < 4.78 is 0. The van der Waals surface area contributed by atoms with Crippen molar-refractivity contribution in [1.82, 2.24) is 4.98 Å². The van der Waals surface area contributed by atoms with Crippen molar-refractivity contribution in [2.24, 2.45) is 0 Å². The summed E-state index contributed by atoms with van der Waals surface area (Å²) in [5, 5.41) is 3.11. The maximum atomic E-state index is 3.68. The second kappa shape index (κ2) is 4.37. The Balaban J connectivity index is 1.95. The number of aromatic nitrogens is 1. The molecular formula is C20H21N. The lowest BCUT2D eigenvalue weighted by molar-refractivity contribution is 0.688. The Labute approximate surface area is 125 Å². The van der Waals surface area contributed by atoms with Crippen molar-refractivity contribution < 1.29 is 0 Å². The zero-order chi connectivity index (χ0) is 13.8. The molecule has 2 aliphatic rings. The third-order valence-electron chi connectivity index (χ3n) is 5.58. The predicted molar refractivity (Wildman–Crippen MR) is 89.1 cm³/mol. The van der Waals surface area contributed by atoms with Crippen LogP contribution < -0.4 is 0 Å². The molecule has 0 spiro atoms. The fourth-order valence-electron chi connectivity index (χ4n) is 4.58. The number of aryl methyl sites for hydroxylation is 4. The Morgan fingerprint density at radius 1 is 0.571 bits per heavy atom. The molecule has 5 rings (SSSR count). The number of benzene rings is 2. The number of hydrogen-bond acceptors (Lipinski definition) is 0. The summed E-state index contributed by atoms with van der Waals surface area (Å²) in [6.07, 6.45) is 10.5. The molecule has 1 heteroatoms. The second-order valence-electron chi connectivity index (χ2n) is 6.79. The van der Waals surface area contributed by atoms with Crippen LogP contribution in [-0.2, 0) is 25.7 Å². The molecule has 1 aromatic heterocycles. The van der Waals surface area contributed by atoms with Gasteiger partial charge in [-0.2, -0.15) is 0 Å². The van der Waals surface area contributed by atoms with Gasteiger partial charge in [-0.3, -0.25) is 0 Å². The molecule has 0 fully saturated rings. The summed E-state index contributed by atoms with van der Waals surface area (Å²) >= 11 is 0. The third-order valence-corrected chi connectivity index (χ3v) is 5.58. The van der Waals surface area contributed by atoms with Crippen LogP contribution in [0.25, 0.3) is 21.8 Å². The van der Waals surface area contributed by atoms with E-state index in [1.54, 1.807) is 33.0 Å². The lowest BCUT2D eigenvalue weighted by Gasteiger charge is -2.19. The molecule has 21 heavy (non-hydrogen) atoms. The minimum Gasteiger partial charge on any atom is -0.354 e. The topological polar surface area (TPSA) is 15.8 Å². The minimum atomic E-state index is 1.27. The van der Waals surface area contributed by atoms with Crippen molar-refractivity contribution >= 4 is 21.8 Å². The summed E-state index contributed by atoms with van der Waals surface area (Å²) in [6, 6.07) is 9.35. The van der Waals surface area contributed by atoms with E-state index >= 15 is 0 Å². The van der Waals surface area contributed by atoms with Gasteiger partial charge in [0.15, 0.2) is 0 Å². The van der Waals surface area contributed by atoms with Crippen LogP contribution in [0.3, 0.4) is 0 Å². The Morgan fingerprint density at radius 3 is 1.57 bits per heavy atom. The first-order valence-corrected chi connectivity index (χ1v) is 8.49. The Kier molecular flexibility index (Phi) is 2.46. The van der Waals surface area contributed by atoms with Gasteiger partial charge in [0.25, 0.3) is 0 Å². The lowest BCUT2D eigenvalue weighted by Crippen LogP contribution is -2.05. The third kappa shape index (κ3) is 1.64. The van der Waals surface area contributed by atoms with Gasteiger partial charge in [0.2, 0.25) is 0 Å². The van der Waals surface area contributed by atoms with Crippen molar-refractivity contribution in [2.75, 3.05) is 0 Å². The molecule has 3 aromatic rings. The lowest BCUT2D eigenvalue weighted by atomic mass is 9.84. The van der Waals surface area contributed by atoms with Crippen molar-refractivity contribution in [3.05, 3.63) is 46.5 Å². The molecule has 0 saturated heterocycles. The number of rotatable bonds is 0. The van der Waals surface area contributed by atoms with Crippen LogP contribution in [0.4, 0.5) is 0 Å². The van der Waals surface area contributed by atoms with E-state index < -0.39 is 0 Å². The number of aromatic amines is 1. The van der Waals surface area contributed by atoms with Crippen LogP contribution in [0.15, 0.2) is 24.3 Å². The van der Waals surface area contributed by atoms with E-state index in [2.05, 4.69) is 29.2 Å². The highest BCUT2D eigenvalue weighted by Gasteiger charge is 2.20. The van der Waals surface area contributed by atoms with Crippen LogP contribution >= 0.6 is 0 Å². The van der Waals surface area contributed by atoms with Crippen LogP contribution in [0, 0.1) is 0 Å². The van der Waals surface area contributed by atoms with Gasteiger partial charge in [0.05, 0.1) is 0 Å². The Bertz CT molecular complexity index is 783.